The van der Waals surface area contributed by atoms with Crippen molar-refractivity contribution in [1.29, 1.82) is 0 Å². The molecule has 0 spiro atoms. The normalized spacial score (nSPS) is 21.9. The van der Waals surface area contributed by atoms with E-state index in [9.17, 15) is 19.3 Å². The number of carbonyl (C=O) groups excluding carboxylic acids is 1. The number of fused-ring (bicyclic) bond motifs is 1. The lowest BCUT2D eigenvalue weighted by Crippen LogP contribution is -2.26. The van der Waals surface area contributed by atoms with Gasteiger partial charge in [-0.25, -0.2) is 4.98 Å². The molecule has 1 unspecified atom stereocenters. The van der Waals surface area contributed by atoms with Crippen LogP contribution in [-0.2, 0) is 23.1 Å². The number of nitrogens with one attached hydrogen (secondary N) is 1. The Balaban J connectivity index is 1.46. The number of aromatic amines is 1. The molecule has 0 bridgehead atoms. The molecule has 2 aromatic heterocycles. The first-order chi connectivity index (χ1) is 15.1. The summed E-state index contributed by atoms with van der Waals surface area (Å²) in [5, 5.41) is 9.02. The summed E-state index contributed by atoms with van der Waals surface area (Å²) in [5.41, 5.74) is 4.89. The zero-order valence-corrected chi connectivity index (χ0v) is 19.7. The lowest BCUT2D eigenvalue weighted by molar-refractivity contribution is -0.119. The predicted octanol–water partition coefficient (Wildman–Crippen LogP) is 1.59. The van der Waals surface area contributed by atoms with Gasteiger partial charge < -0.3 is 15.6 Å². The highest BCUT2D eigenvalue weighted by atomic mass is 32.2. The minimum absolute atomic E-state index is 0.0104. The Hall–Kier alpha value is -1.89. The maximum Gasteiger partial charge on any atom is 0.697 e. The molecule has 0 radical (unpaired) electrons. The zero-order chi connectivity index (χ0) is 23.5. The number of thioether (sulfide) groups is 1. The van der Waals surface area contributed by atoms with Crippen molar-refractivity contribution in [2.75, 3.05) is 31.3 Å². The number of nitrogens with two attached hydrogens (primary N) is 1. The smallest absolute Gasteiger partial charge is 0.395 e. The average Bonchev–Trinajstić information content (AvgIpc) is 3.32. The number of nitrogen functional groups attached to an aromatic ring is 1. The molecule has 1 saturated heterocycles. The number of rotatable bonds is 10. The maximum absolute atomic E-state index is 12.0. The van der Waals surface area contributed by atoms with Gasteiger partial charge in [-0.1, -0.05) is 18.7 Å². The Bertz CT molecular complexity index is 1040. The van der Waals surface area contributed by atoms with E-state index in [2.05, 4.69) is 15.0 Å². The summed E-state index contributed by atoms with van der Waals surface area (Å²) < 4.78 is 30.0. The third-order valence-electron chi connectivity index (χ3n) is 5.01. The predicted molar refractivity (Wildman–Crippen MR) is 118 cm³/mol. The highest BCUT2D eigenvalue weighted by Gasteiger charge is 2.37. The lowest BCUT2D eigenvalue weighted by atomic mass is 9.97. The fourth-order valence-electron chi connectivity index (χ4n) is 3.18. The highest BCUT2D eigenvalue weighted by Crippen LogP contribution is 2.37. The van der Waals surface area contributed by atoms with E-state index in [4.69, 9.17) is 19.5 Å². The van der Waals surface area contributed by atoms with E-state index in [1.807, 2.05) is 6.92 Å². The number of anilines is 1. The van der Waals surface area contributed by atoms with Crippen molar-refractivity contribution in [3.63, 3.8) is 0 Å². The van der Waals surface area contributed by atoms with Crippen LogP contribution in [0.4, 0.5) is 5.95 Å². The van der Waals surface area contributed by atoms with Gasteiger partial charge >= 0.3 is 8.25 Å². The van der Waals surface area contributed by atoms with Crippen molar-refractivity contribution in [2.24, 2.45) is 11.3 Å². The summed E-state index contributed by atoms with van der Waals surface area (Å²) >= 11 is 1.01. The number of aliphatic hydroxyl groups excluding tert-OH is 1. The summed E-state index contributed by atoms with van der Waals surface area (Å²) in [6.45, 7) is 5.16. The lowest BCUT2D eigenvalue weighted by Gasteiger charge is -2.18. The number of hydrogen-bond acceptors (Lipinski definition) is 11. The van der Waals surface area contributed by atoms with Gasteiger partial charge in [0.1, 0.15) is 19.4 Å². The van der Waals surface area contributed by atoms with E-state index in [1.165, 1.54) is 6.33 Å². The van der Waals surface area contributed by atoms with Gasteiger partial charge in [0.2, 0.25) is 5.95 Å². The van der Waals surface area contributed by atoms with Crippen molar-refractivity contribution in [3.05, 3.63) is 16.7 Å². The summed E-state index contributed by atoms with van der Waals surface area (Å²) in [7, 11) is -2.37. The molecule has 2 aromatic rings. The molecule has 0 aromatic carbocycles. The molecule has 14 heteroatoms. The van der Waals surface area contributed by atoms with Crippen LogP contribution >= 0.6 is 20.0 Å². The van der Waals surface area contributed by atoms with Gasteiger partial charge in [0.15, 0.2) is 16.3 Å². The van der Waals surface area contributed by atoms with Crippen LogP contribution in [-0.4, -0.2) is 61.4 Å². The van der Waals surface area contributed by atoms with Crippen LogP contribution in [0, 0.1) is 11.3 Å². The molecule has 3 rings (SSSR count). The average molecular weight is 488 g/mol. The number of imidazole rings is 1. The fraction of sp³-hybridized carbons (Fsp3) is 0.667. The standard InChI is InChI=1S/C18H26N5O7PS/c1-10-6-11(7-29-31(27)28-4-5-32-16(26)18(2,3)8-24)30-15(10)23-9-20-12-13(23)21-17(19)22-14(12)25/h9-11,15,24H,4-8H2,1-3H3,(H2-,19,21,22,25)/p+1/t10-,11-,15+/m0/s1. The van der Waals surface area contributed by atoms with Gasteiger partial charge in [0.25, 0.3) is 5.56 Å². The van der Waals surface area contributed by atoms with E-state index in [-0.39, 0.29) is 48.4 Å². The SMILES string of the molecule is C[C@H]1C[C@@H](CO[P+](=O)OCCSC(=O)C(C)(C)CO)O[C@H]1n1cnc2c(=O)[nH]c(N)nc21. The van der Waals surface area contributed by atoms with Gasteiger partial charge in [-0.15, -0.1) is 9.05 Å². The van der Waals surface area contributed by atoms with Gasteiger partial charge in [-0.3, -0.25) is 19.1 Å². The largest absolute Gasteiger partial charge is 0.697 e. The quantitative estimate of drug-likeness (QED) is 0.327. The zero-order valence-electron chi connectivity index (χ0n) is 18.0. The van der Waals surface area contributed by atoms with E-state index >= 15 is 0 Å². The van der Waals surface area contributed by atoms with Crippen molar-refractivity contribution < 1.29 is 28.3 Å². The van der Waals surface area contributed by atoms with Crippen LogP contribution in [0.25, 0.3) is 11.2 Å². The first-order valence-electron chi connectivity index (χ1n) is 10.0. The number of aromatic nitrogens is 4. The summed E-state index contributed by atoms with van der Waals surface area (Å²) in [4.78, 5) is 34.5. The molecule has 32 heavy (non-hydrogen) atoms. The Morgan fingerprint density at radius 2 is 2.25 bits per heavy atom. The molecule has 0 amide bonds. The molecule has 0 saturated carbocycles. The number of aliphatic hydroxyl groups is 1. The number of H-pyrrole nitrogens is 1. The van der Waals surface area contributed by atoms with Gasteiger partial charge in [0, 0.05) is 16.2 Å². The third-order valence-corrected chi connectivity index (χ3v) is 6.94. The van der Waals surface area contributed by atoms with Crippen molar-refractivity contribution in [2.45, 2.75) is 39.5 Å². The fourth-order valence-corrected chi connectivity index (χ4v) is 4.72. The molecule has 176 valence electrons. The van der Waals surface area contributed by atoms with Crippen molar-refractivity contribution >= 4 is 42.2 Å². The first-order valence-corrected chi connectivity index (χ1v) is 12.1. The number of ether oxygens (including phenoxy) is 1. The molecule has 12 nitrogen and oxygen atoms in total. The Labute approximate surface area is 189 Å². The molecule has 1 aliphatic rings. The van der Waals surface area contributed by atoms with Crippen LogP contribution in [0.3, 0.4) is 0 Å². The molecular formula is C18H27N5O7PS+. The Kier molecular flexibility index (Phi) is 8.01. The van der Waals surface area contributed by atoms with Crippen molar-refractivity contribution in [1.82, 2.24) is 19.5 Å². The van der Waals surface area contributed by atoms with Crippen LogP contribution < -0.4 is 11.3 Å². The number of hydrogen-bond donors (Lipinski definition) is 3. The number of nitrogens with zero attached hydrogens (tertiary/aromatic N) is 3. The molecule has 0 aliphatic carbocycles. The van der Waals surface area contributed by atoms with Crippen LogP contribution in [0.15, 0.2) is 11.1 Å². The summed E-state index contributed by atoms with van der Waals surface area (Å²) in [6.07, 6.45) is 1.35. The van der Waals surface area contributed by atoms with Gasteiger partial charge in [-0.05, 0) is 20.3 Å². The van der Waals surface area contributed by atoms with Crippen LogP contribution in [0.2, 0.25) is 0 Å². The van der Waals surface area contributed by atoms with E-state index in [0.717, 1.165) is 11.8 Å². The summed E-state index contributed by atoms with van der Waals surface area (Å²) in [5.74, 6) is 0.345. The monoisotopic (exact) mass is 488 g/mol. The minimum atomic E-state index is -2.37. The molecule has 3 heterocycles. The van der Waals surface area contributed by atoms with Crippen LogP contribution in [0.1, 0.15) is 33.4 Å². The Morgan fingerprint density at radius 3 is 2.97 bits per heavy atom. The van der Waals surface area contributed by atoms with Gasteiger partial charge in [0.05, 0.1) is 24.5 Å². The topological polar surface area (TPSA) is 172 Å². The summed E-state index contributed by atoms with van der Waals surface area (Å²) in [6, 6.07) is 0. The highest BCUT2D eigenvalue weighted by molar-refractivity contribution is 8.13. The molecule has 1 aliphatic heterocycles. The first kappa shape index (κ1) is 24.7. The van der Waals surface area contributed by atoms with E-state index < -0.39 is 25.5 Å². The van der Waals surface area contributed by atoms with Gasteiger partial charge in [-0.2, -0.15) is 4.98 Å². The molecule has 4 N–H and O–H groups in total. The molecular weight excluding hydrogens is 461 g/mol. The number of carbonyl (C=O) groups is 1. The van der Waals surface area contributed by atoms with E-state index in [1.54, 1.807) is 18.4 Å². The molecule has 4 atom stereocenters. The maximum atomic E-state index is 12.0. The second-order valence-corrected chi connectivity index (χ2v) is 10.2. The Morgan fingerprint density at radius 1 is 1.50 bits per heavy atom. The third kappa shape index (κ3) is 5.72. The second-order valence-electron chi connectivity index (χ2n) is 8.17. The second kappa shape index (κ2) is 10.4. The molecule has 1 fully saturated rings. The minimum Gasteiger partial charge on any atom is -0.395 e. The van der Waals surface area contributed by atoms with E-state index in [0.29, 0.717) is 17.8 Å². The van der Waals surface area contributed by atoms with Crippen LogP contribution in [0.5, 0.6) is 0 Å². The van der Waals surface area contributed by atoms with Crippen molar-refractivity contribution in [3.8, 4) is 0 Å².